The van der Waals surface area contributed by atoms with E-state index in [-0.39, 0.29) is 0 Å². The molecule has 0 saturated heterocycles. The van der Waals surface area contributed by atoms with E-state index in [1.165, 1.54) is 0 Å². The molecule has 0 aliphatic carbocycles. The monoisotopic (exact) mass is 330 g/mol. The van der Waals surface area contributed by atoms with Gasteiger partial charge in [-0.05, 0) is 35.8 Å². The summed E-state index contributed by atoms with van der Waals surface area (Å²) in [6.45, 7) is 1.71. The summed E-state index contributed by atoms with van der Waals surface area (Å²) in [6, 6.07) is 17.4. The van der Waals surface area contributed by atoms with Crippen LogP contribution in [0.4, 0.5) is 0 Å². The van der Waals surface area contributed by atoms with Crippen LogP contribution < -0.4 is 0 Å². The third-order valence-electron chi connectivity index (χ3n) is 3.14. The lowest BCUT2D eigenvalue weighted by molar-refractivity contribution is -0.139. The molecule has 0 radical (unpaired) electrons. The molecule has 2 nitrogen and oxygen atoms in total. The summed E-state index contributed by atoms with van der Waals surface area (Å²) >= 11 is 3.39. The molecular formula is C17H15BrO2. The maximum atomic E-state index is 11.3. The predicted molar refractivity (Wildman–Crippen MR) is 85.3 cm³/mol. The van der Waals surface area contributed by atoms with Crippen molar-refractivity contribution in [1.29, 1.82) is 0 Å². The molecule has 0 aliphatic heterocycles. The van der Waals surface area contributed by atoms with Crippen LogP contribution >= 0.6 is 15.9 Å². The lowest BCUT2D eigenvalue weighted by Gasteiger charge is -2.13. The van der Waals surface area contributed by atoms with Gasteiger partial charge >= 0.3 is 5.97 Å². The molecule has 0 spiro atoms. The molecule has 2 rings (SSSR count). The third kappa shape index (κ3) is 3.58. The number of hydrogen-bond donors (Lipinski definition) is 1. The second kappa shape index (κ2) is 6.53. The average molecular weight is 331 g/mol. The highest BCUT2D eigenvalue weighted by Crippen LogP contribution is 2.26. The van der Waals surface area contributed by atoms with Crippen LogP contribution in [0.5, 0.6) is 0 Å². The molecular weight excluding hydrogens is 316 g/mol. The maximum Gasteiger partial charge on any atom is 0.310 e. The molecule has 0 aliphatic rings. The summed E-state index contributed by atoms with van der Waals surface area (Å²) in [4.78, 5) is 11.3. The highest BCUT2D eigenvalue weighted by atomic mass is 79.9. The first-order chi connectivity index (χ1) is 9.58. The summed E-state index contributed by atoms with van der Waals surface area (Å²) in [5.41, 5.74) is 2.73. The number of halogens is 1. The van der Waals surface area contributed by atoms with Gasteiger partial charge in [-0.2, -0.15) is 0 Å². The zero-order chi connectivity index (χ0) is 14.5. The molecule has 1 N–H and O–H groups in total. The van der Waals surface area contributed by atoms with Crippen LogP contribution in [-0.4, -0.2) is 11.1 Å². The minimum absolute atomic E-state index is 0.555. The van der Waals surface area contributed by atoms with E-state index < -0.39 is 11.9 Å². The molecule has 3 heteroatoms. The van der Waals surface area contributed by atoms with Gasteiger partial charge in [0, 0.05) is 4.47 Å². The Kier molecular flexibility index (Phi) is 4.74. The highest BCUT2D eigenvalue weighted by molar-refractivity contribution is 9.10. The van der Waals surface area contributed by atoms with Crippen LogP contribution in [0, 0.1) is 5.92 Å². The van der Waals surface area contributed by atoms with E-state index in [1.807, 2.05) is 60.7 Å². The Morgan fingerprint density at radius 2 is 1.70 bits per heavy atom. The average Bonchev–Trinajstić information content (AvgIpc) is 2.47. The normalized spacial score (nSPS) is 13.0. The number of hydrogen-bond acceptors (Lipinski definition) is 1. The Bertz CT molecular complexity index is 615. The summed E-state index contributed by atoms with van der Waals surface area (Å²) in [5.74, 6) is -1.38. The lowest BCUT2D eigenvalue weighted by Crippen LogP contribution is -2.11. The second-order valence-corrected chi connectivity index (χ2v) is 5.49. The summed E-state index contributed by atoms with van der Waals surface area (Å²) in [7, 11) is 0. The highest BCUT2D eigenvalue weighted by Gasteiger charge is 2.18. The van der Waals surface area contributed by atoms with Crippen LogP contribution in [0.3, 0.4) is 0 Å². The van der Waals surface area contributed by atoms with Gasteiger partial charge in [0.05, 0.1) is 5.92 Å². The lowest BCUT2D eigenvalue weighted by atomic mass is 9.92. The molecule has 0 amide bonds. The number of rotatable bonds is 4. The first-order valence-corrected chi connectivity index (χ1v) is 7.12. The van der Waals surface area contributed by atoms with Crippen LogP contribution in [0.2, 0.25) is 0 Å². The van der Waals surface area contributed by atoms with Gasteiger partial charge in [-0.3, -0.25) is 4.79 Å². The number of benzene rings is 2. The summed E-state index contributed by atoms with van der Waals surface area (Å²) in [6.07, 6.45) is 1.93. The SMILES string of the molecule is CC(C(=O)O)C(=Cc1ccc(Br)cc1)c1ccccc1. The van der Waals surface area contributed by atoms with Crippen molar-refractivity contribution >= 4 is 33.5 Å². The maximum absolute atomic E-state index is 11.3. The molecule has 0 bridgehead atoms. The van der Waals surface area contributed by atoms with E-state index in [0.717, 1.165) is 21.2 Å². The largest absolute Gasteiger partial charge is 0.481 e. The Morgan fingerprint density at radius 3 is 2.25 bits per heavy atom. The van der Waals surface area contributed by atoms with Gasteiger partial charge in [0.1, 0.15) is 0 Å². The van der Waals surface area contributed by atoms with E-state index in [1.54, 1.807) is 6.92 Å². The van der Waals surface area contributed by atoms with Crippen molar-refractivity contribution in [1.82, 2.24) is 0 Å². The first-order valence-electron chi connectivity index (χ1n) is 6.33. The molecule has 1 atom stereocenters. The number of carboxylic acids is 1. The van der Waals surface area contributed by atoms with Gasteiger partial charge in [-0.15, -0.1) is 0 Å². The van der Waals surface area contributed by atoms with E-state index in [0.29, 0.717) is 0 Å². The minimum Gasteiger partial charge on any atom is -0.481 e. The van der Waals surface area contributed by atoms with Crippen molar-refractivity contribution < 1.29 is 9.90 Å². The van der Waals surface area contributed by atoms with Crippen molar-refractivity contribution in [3.63, 3.8) is 0 Å². The van der Waals surface area contributed by atoms with Gasteiger partial charge < -0.3 is 5.11 Å². The zero-order valence-electron chi connectivity index (χ0n) is 11.1. The fourth-order valence-corrected chi connectivity index (χ4v) is 2.22. The van der Waals surface area contributed by atoms with Gasteiger partial charge in [0.2, 0.25) is 0 Å². The summed E-state index contributed by atoms with van der Waals surface area (Å²) < 4.78 is 1.00. The molecule has 0 fully saturated rings. The van der Waals surface area contributed by atoms with Crippen molar-refractivity contribution in [3.05, 3.63) is 70.2 Å². The predicted octanol–water partition coefficient (Wildman–Crippen LogP) is 4.71. The topological polar surface area (TPSA) is 37.3 Å². The smallest absolute Gasteiger partial charge is 0.310 e. The molecule has 0 aromatic heterocycles. The minimum atomic E-state index is -0.822. The molecule has 0 heterocycles. The fraction of sp³-hybridized carbons (Fsp3) is 0.118. The number of aliphatic carboxylic acids is 1. The quantitative estimate of drug-likeness (QED) is 0.824. The van der Waals surface area contributed by atoms with Crippen molar-refractivity contribution in [2.75, 3.05) is 0 Å². The zero-order valence-corrected chi connectivity index (χ0v) is 12.7. The van der Waals surface area contributed by atoms with E-state index in [9.17, 15) is 9.90 Å². The standard InChI is InChI=1S/C17H15BrO2/c1-12(17(19)20)16(14-5-3-2-4-6-14)11-13-7-9-15(18)10-8-13/h2-12H,1H3,(H,19,20). The van der Waals surface area contributed by atoms with Crippen LogP contribution in [0.25, 0.3) is 11.6 Å². The molecule has 2 aromatic carbocycles. The first kappa shape index (κ1) is 14.5. The van der Waals surface area contributed by atoms with Crippen LogP contribution in [-0.2, 0) is 4.79 Å². The Labute approximate surface area is 126 Å². The van der Waals surface area contributed by atoms with Gasteiger partial charge in [0.25, 0.3) is 0 Å². The summed E-state index contributed by atoms with van der Waals surface area (Å²) in [5, 5.41) is 9.29. The fourth-order valence-electron chi connectivity index (χ4n) is 1.96. The van der Waals surface area contributed by atoms with Crippen LogP contribution in [0.15, 0.2) is 59.1 Å². The van der Waals surface area contributed by atoms with Gasteiger partial charge in [0.15, 0.2) is 0 Å². The Balaban J connectivity index is 2.46. The van der Waals surface area contributed by atoms with Crippen molar-refractivity contribution in [2.24, 2.45) is 5.92 Å². The van der Waals surface area contributed by atoms with E-state index >= 15 is 0 Å². The second-order valence-electron chi connectivity index (χ2n) is 4.58. The van der Waals surface area contributed by atoms with E-state index in [4.69, 9.17) is 0 Å². The van der Waals surface area contributed by atoms with Crippen LogP contribution in [0.1, 0.15) is 18.1 Å². The Morgan fingerprint density at radius 1 is 1.10 bits per heavy atom. The molecule has 102 valence electrons. The number of carboxylic acid groups (broad SMARTS) is 1. The number of carbonyl (C=O) groups is 1. The van der Waals surface area contributed by atoms with Crippen molar-refractivity contribution in [2.45, 2.75) is 6.92 Å². The van der Waals surface area contributed by atoms with Crippen molar-refractivity contribution in [3.8, 4) is 0 Å². The molecule has 20 heavy (non-hydrogen) atoms. The Hall–Kier alpha value is -1.87. The third-order valence-corrected chi connectivity index (χ3v) is 3.66. The molecule has 1 unspecified atom stereocenters. The van der Waals surface area contributed by atoms with E-state index in [2.05, 4.69) is 15.9 Å². The van der Waals surface area contributed by atoms with Gasteiger partial charge in [-0.1, -0.05) is 64.5 Å². The molecule has 2 aromatic rings. The van der Waals surface area contributed by atoms with Gasteiger partial charge in [-0.25, -0.2) is 0 Å². The molecule has 0 saturated carbocycles.